The Balaban J connectivity index is 2.12. The minimum absolute atomic E-state index is 0.109. The molecular formula is C24H36N2O2. The highest BCUT2D eigenvalue weighted by Gasteiger charge is 2.23. The first-order valence-electron chi connectivity index (χ1n) is 10.6. The van der Waals surface area contributed by atoms with E-state index in [2.05, 4.69) is 67.9 Å². The molecule has 2 aromatic rings. The molecular weight excluding hydrogens is 348 g/mol. The highest BCUT2D eigenvalue weighted by Crippen LogP contribution is 2.19. The van der Waals surface area contributed by atoms with E-state index in [4.69, 9.17) is 4.74 Å². The summed E-state index contributed by atoms with van der Waals surface area (Å²) in [5.74, 6) is 0.369. The maximum atomic E-state index is 13.2. The van der Waals surface area contributed by atoms with Crippen LogP contribution in [-0.2, 0) is 22.6 Å². The molecule has 1 aromatic carbocycles. The zero-order chi connectivity index (χ0) is 20.4. The third-order valence-electron chi connectivity index (χ3n) is 5.38. The quantitative estimate of drug-likeness (QED) is 0.514. The first kappa shape index (κ1) is 22.2. The van der Waals surface area contributed by atoms with Crippen LogP contribution in [0.25, 0.3) is 0 Å². The summed E-state index contributed by atoms with van der Waals surface area (Å²) in [7, 11) is 1.69. The maximum absolute atomic E-state index is 13.2. The molecule has 28 heavy (non-hydrogen) atoms. The fourth-order valence-electron chi connectivity index (χ4n) is 3.51. The van der Waals surface area contributed by atoms with Crippen molar-refractivity contribution in [3.05, 3.63) is 59.4 Å². The molecule has 0 aliphatic rings. The second-order valence-corrected chi connectivity index (χ2v) is 7.61. The minimum Gasteiger partial charge on any atom is -0.383 e. The molecule has 4 nitrogen and oxygen atoms in total. The van der Waals surface area contributed by atoms with Gasteiger partial charge in [-0.05, 0) is 37.5 Å². The van der Waals surface area contributed by atoms with Gasteiger partial charge in [-0.2, -0.15) is 0 Å². The minimum atomic E-state index is 0.109. The summed E-state index contributed by atoms with van der Waals surface area (Å²) in [6, 6.07) is 12.8. The van der Waals surface area contributed by atoms with Gasteiger partial charge >= 0.3 is 0 Å². The summed E-state index contributed by atoms with van der Waals surface area (Å²) in [4.78, 5) is 15.2. The Morgan fingerprint density at radius 2 is 1.93 bits per heavy atom. The fourth-order valence-corrected chi connectivity index (χ4v) is 3.51. The molecule has 1 amide bonds. The van der Waals surface area contributed by atoms with Gasteiger partial charge in [-0.1, -0.05) is 56.5 Å². The number of methoxy groups -OCH3 is 1. The summed E-state index contributed by atoms with van der Waals surface area (Å²) >= 11 is 0. The first-order valence-corrected chi connectivity index (χ1v) is 10.6. The average molecular weight is 385 g/mol. The van der Waals surface area contributed by atoms with Crippen molar-refractivity contribution in [1.29, 1.82) is 0 Å². The standard InChI is InChI=1S/C24H36N2O2/c1-5-7-9-22(6-2)24(27)26(16-17-28-4)19-23-10-8-15-25(23)18-21-13-11-20(3)12-14-21/h8,10-15,22H,5-7,9,16-19H2,1-4H3/t22-/m1/s1. The van der Waals surface area contributed by atoms with E-state index in [9.17, 15) is 4.79 Å². The Labute approximate surface area is 170 Å². The van der Waals surface area contributed by atoms with Crippen LogP contribution in [0.4, 0.5) is 0 Å². The number of aryl methyl sites for hydroxylation is 1. The lowest BCUT2D eigenvalue weighted by Gasteiger charge is -2.27. The zero-order valence-electron chi connectivity index (χ0n) is 18.0. The van der Waals surface area contributed by atoms with Gasteiger partial charge in [0.15, 0.2) is 0 Å². The van der Waals surface area contributed by atoms with E-state index >= 15 is 0 Å². The normalized spacial score (nSPS) is 12.1. The van der Waals surface area contributed by atoms with Gasteiger partial charge in [-0.3, -0.25) is 4.79 Å². The van der Waals surface area contributed by atoms with Gasteiger partial charge < -0.3 is 14.2 Å². The van der Waals surface area contributed by atoms with Crippen molar-refractivity contribution in [2.24, 2.45) is 5.92 Å². The van der Waals surface area contributed by atoms with Crippen LogP contribution in [-0.4, -0.2) is 35.6 Å². The van der Waals surface area contributed by atoms with Crippen molar-refractivity contribution in [3.8, 4) is 0 Å². The van der Waals surface area contributed by atoms with E-state index in [1.54, 1.807) is 7.11 Å². The number of hydrogen-bond acceptors (Lipinski definition) is 2. The number of carbonyl (C=O) groups excluding carboxylic acids is 1. The highest BCUT2D eigenvalue weighted by atomic mass is 16.5. The molecule has 0 aliphatic heterocycles. The largest absolute Gasteiger partial charge is 0.383 e. The van der Waals surface area contributed by atoms with Crippen LogP contribution >= 0.6 is 0 Å². The average Bonchev–Trinajstić information content (AvgIpc) is 3.13. The van der Waals surface area contributed by atoms with Crippen LogP contribution < -0.4 is 0 Å². The Bertz CT molecular complexity index is 706. The predicted molar refractivity (Wildman–Crippen MR) is 115 cm³/mol. The Hall–Kier alpha value is -2.07. The van der Waals surface area contributed by atoms with Gasteiger partial charge in [0, 0.05) is 38.0 Å². The van der Waals surface area contributed by atoms with Crippen molar-refractivity contribution < 1.29 is 9.53 Å². The number of unbranched alkanes of at least 4 members (excludes halogenated alkanes) is 1. The van der Waals surface area contributed by atoms with Crippen molar-refractivity contribution in [3.63, 3.8) is 0 Å². The smallest absolute Gasteiger partial charge is 0.226 e. The Morgan fingerprint density at radius 3 is 2.57 bits per heavy atom. The molecule has 0 spiro atoms. The molecule has 0 unspecified atom stereocenters. The molecule has 2 rings (SSSR count). The van der Waals surface area contributed by atoms with E-state index in [1.165, 1.54) is 11.1 Å². The van der Waals surface area contributed by atoms with E-state index < -0.39 is 0 Å². The third kappa shape index (κ3) is 6.52. The molecule has 0 radical (unpaired) electrons. The van der Waals surface area contributed by atoms with Crippen LogP contribution in [0.3, 0.4) is 0 Å². The SMILES string of the molecule is CCCC[C@@H](CC)C(=O)N(CCOC)Cc1cccn1Cc1ccc(C)cc1. The van der Waals surface area contributed by atoms with Crippen LogP contribution in [0, 0.1) is 12.8 Å². The summed E-state index contributed by atoms with van der Waals surface area (Å²) in [6.45, 7) is 9.05. The van der Waals surface area contributed by atoms with Crippen LogP contribution in [0.1, 0.15) is 56.4 Å². The van der Waals surface area contributed by atoms with Crippen LogP contribution in [0.5, 0.6) is 0 Å². The summed E-state index contributed by atoms with van der Waals surface area (Å²) in [6.07, 6.45) is 6.20. The molecule has 0 saturated heterocycles. The molecule has 1 aromatic heterocycles. The molecule has 0 saturated carbocycles. The lowest BCUT2D eigenvalue weighted by atomic mass is 9.97. The molecule has 0 N–H and O–H groups in total. The lowest BCUT2D eigenvalue weighted by Crippen LogP contribution is -2.38. The van der Waals surface area contributed by atoms with Crippen molar-refractivity contribution in [2.75, 3.05) is 20.3 Å². The third-order valence-corrected chi connectivity index (χ3v) is 5.38. The van der Waals surface area contributed by atoms with Crippen molar-refractivity contribution in [1.82, 2.24) is 9.47 Å². The van der Waals surface area contributed by atoms with Gasteiger partial charge in [-0.15, -0.1) is 0 Å². The summed E-state index contributed by atoms with van der Waals surface area (Å²) < 4.78 is 7.51. The van der Waals surface area contributed by atoms with Gasteiger partial charge in [0.05, 0.1) is 13.2 Å². The predicted octanol–water partition coefficient (Wildman–Crippen LogP) is 5.04. The first-order chi connectivity index (χ1) is 13.6. The number of nitrogens with zero attached hydrogens (tertiary/aromatic N) is 2. The number of hydrogen-bond donors (Lipinski definition) is 0. The Morgan fingerprint density at radius 1 is 1.18 bits per heavy atom. The lowest BCUT2D eigenvalue weighted by molar-refractivity contribution is -0.137. The number of aromatic nitrogens is 1. The highest BCUT2D eigenvalue weighted by molar-refractivity contribution is 5.78. The molecule has 1 atom stereocenters. The molecule has 1 heterocycles. The number of carbonyl (C=O) groups is 1. The van der Waals surface area contributed by atoms with Gasteiger partial charge in [0.2, 0.25) is 5.91 Å². The Kier molecular flexibility index (Phi) is 9.29. The summed E-state index contributed by atoms with van der Waals surface area (Å²) in [5.41, 5.74) is 3.70. The van der Waals surface area contributed by atoms with E-state index in [1.807, 2.05) is 4.90 Å². The topological polar surface area (TPSA) is 34.5 Å². The van der Waals surface area contributed by atoms with Gasteiger partial charge in [0.1, 0.15) is 0 Å². The van der Waals surface area contributed by atoms with Crippen LogP contribution in [0.2, 0.25) is 0 Å². The van der Waals surface area contributed by atoms with Crippen molar-refractivity contribution >= 4 is 5.91 Å². The molecule has 4 heteroatoms. The van der Waals surface area contributed by atoms with Gasteiger partial charge in [-0.25, -0.2) is 0 Å². The number of benzene rings is 1. The summed E-state index contributed by atoms with van der Waals surface area (Å²) in [5, 5.41) is 0. The molecule has 154 valence electrons. The maximum Gasteiger partial charge on any atom is 0.226 e. The number of amides is 1. The monoisotopic (exact) mass is 384 g/mol. The number of ether oxygens (including phenoxy) is 1. The van der Waals surface area contributed by atoms with Gasteiger partial charge in [0.25, 0.3) is 0 Å². The molecule has 0 bridgehead atoms. The second-order valence-electron chi connectivity index (χ2n) is 7.61. The van der Waals surface area contributed by atoms with E-state index in [0.717, 1.165) is 37.9 Å². The zero-order valence-corrected chi connectivity index (χ0v) is 18.0. The van der Waals surface area contributed by atoms with E-state index in [-0.39, 0.29) is 11.8 Å². The second kappa shape index (κ2) is 11.7. The molecule has 0 fully saturated rings. The number of rotatable bonds is 12. The van der Waals surface area contributed by atoms with Crippen molar-refractivity contribution in [2.45, 2.75) is 59.5 Å². The van der Waals surface area contributed by atoms with E-state index in [0.29, 0.717) is 19.7 Å². The molecule has 0 aliphatic carbocycles. The van der Waals surface area contributed by atoms with Crippen LogP contribution in [0.15, 0.2) is 42.6 Å². The fraction of sp³-hybridized carbons (Fsp3) is 0.542.